The van der Waals surface area contributed by atoms with Crippen LogP contribution >= 0.6 is 0 Å². The molecule has 1 N–H and O–H groups in total. The summed E-state index contributed by atoms with van der Waals surface area (Å²) in [5.74, 6) is 0.00234. The Kier molecular flexibility index (Phi) is 6.73. The summed E-state index contributed by atoms with van der Waals surface area (Å²) in [4.78, 5) is 12.4. The number of carbonyl (C=O) groups is 1. The van der Waals surface area contributed by atoms with Gasteiger partial charge in [0.15, 0.2) is 9.84 Å². The summed E-state index contributed by atoms with van der Waals surface area (Å²) >= 11 is 0. The van der Waals surface area contributed by atoms with Crippen LogP contribution < -0.4 is 5.32 Å². The zero-order valence-corrected chi connectivity index (χ0v) is 15.3. The third-order valence-corrected chi connectivity index (χ3v) is 5.60. The maximum atomic E-state index is 12.0. The Morgan fingerprint density at radius 3 is 2.16 bits per heavy atom. The second-order valence-corrected chi connectivity index (χ2v) is 8.00. The molecule has 134 valence electrons. The summed E-state index contributed by atoms with van der Waals surface area (Å²) < 4.78 is 28.6. The number of hydrogen-bond donors (Lipinski definition) is 1. The van der Waals surface area contributed by atoms with Gasteiger partial charge in [0, 0.05) is 19.2 Å². The van der Waals surface area contributed by atoms with E-state index in [1.54, 1.807) is 38.3 Å². The normalized spacial score (nSPS) is 11.3. The fraction of sp³-hybridized carbons (Fsp3) is 0.316. The summed E-state index contributed by atoms with van der Waals surface area (Å²) in [5.41, 5.74) is 2.72. The molecule has 0 aliphatic rings. The van der Waals surface area contributed by atoms with Crippen LogP contribution in [0.4, 0.5) is 5.69 Å². The second kappa shape index (κ2) is 8.78. The summed E-state index contributed by atoms with van der Waals surface area (Å²) in [6.07, 6.45) is 0.889. The number of sulfone groups is 1. The van der Waals surface area contributed by atoms with Crippen LogP contribution in [-0.2, 0) is 32.4 Å². The SMILES string of the molecule is CCS(=O)(=O)c1ccc(CCC(=O)Nc2ccc(COC)cc2)cc1. The van der Waals surface area contributed by atoms with E-state index in [0.717, 1.165) is 16.8 Å². The molecule has 0 bridgehead atoms. The van der Waals surface area contributed by atoms with Crippen LogP contribution in [0.15, 0.2) is 53.4 Å². The number of nitrogens with one attached hydrogen (secondary N) is 1. The lowest BCUT2D eigenvalue weighted by Gasteiger charge is -2.07. The molecule has 2 aromatic rings. The van der Waals surface area contributed by atoms with Gasteiger partial charge in [-0.3, -0.25) is 4.79 Å². The zero-order chi connectivity index (χ0) is 18.3. The lowest BCUT2D eigenvalue weighted by Crippen LogP contribution is -2.12. The van der Waals surface area contributed by atoms with E-state index in [4.69, 9.17) is 4.74 Å². The molecule has 25 heavy (non-hydrogen) atoms. The Balaban J connectivity index is 1.87. The smallest absolute Gasteiger partial charge is 0.224 e. The van der Waals surface area contributed by atoms with Gasteiger partial charge in [0.25, 0.3) is 0 Å². The highest BCUT2D eigenvalue weighted by atomic mass is 32.2. The average molecular weight is 361 g/mol. The lowest BCUT2D eigenvalue weighted by molar-refractivity contribution is -0.116. The van der Waals surface area contributed by atoms with Crippen LogP contribution in [0, 0.1) is 0 Å². The number of rotatable bonds is 8. The van der Waals surface area contributed by atoms with Gasteiger partial charge >= 0.3 is 0 Å². The highest BCUT2D eigenvalue weighted by Gasteiger charge is 2.11. The number of anilines is 1. The molecule has 2 rings (SSSR count). The molecule has 0 heterocycles. The molecule has 0 unspecified atom stereocenters. The van der Waals surface area contributed by atoms with Crippen LogP contribution in [0.1, 0.15) is 24.5 Å². The van der Waals surface area contributed by atoms with Crippen molar-refractivity contribution in [2.45, 2.75) is 31.3 Å². The fourth-order valence-corrected chi connectivity index (χ4v) is 3.25. The molecule has 5 nitrogen and oxygen atoms in total. The Morgan fingerprint density at radius 1 is 1.00 bits per heavy atom. The van der Waals surface area contributed by atoms with E-state index in [2.05, 4.69) is 5.32 Å². The first-order valence-electron chi connectivity index (χ1n) is 8.14. The monoisotopic (exact) mass is 361 g/mol. The Morgan fingerprint density at radius 2 is 1.60 bits per heavy atom. The predicted octanol–water partition coefficient (Wildman–Crippen LogP) is 3.20. The van der Waals surface area contributed by atoms with Crippen molar-refractivity contribution in [1.82, 2.24) is 0 Å². The molecule has 2 aromatic carbocycles. The molecule has 0 aliphatic heterocycles. The molecule has 0 radical (unpaired) electrons. The van der Waals surface area contributed by atoms with Gasteiger partial charge in [-0.05, 0) is 41.8 Å². The van der Waals surface area contributed by atoms with Crippen molar-refractivity contribution in [2.75, 3.05) is 18.2 Å². The van der Waals surface area contributed by atoms with Gasteiger partial charge in [-0.1, -0.05) is 31.2 Å². The number of amides is 1. The largest absolute Gasteiger partial charge is 0.380 e. The van der Waals surface area contributed by atoms with E-state index in [1.807, 2.05) is 24.3 Å². The highest BCUT2D eigenvalue weighted by Crippen LogP contribution is 2.14. The Bertz CT molecular complexity index is 796. The zero-order valence-electron chi connectivity index (χ0n) is 14.5. The van der Waals surface area contributed by atoms with Gasteiger partial charge in [0.2, 0.25) is 5.91 Å². The van der Waals surface area contributed by atoms with Gasteiger partial charge in [-0.2, -0.15) is 0 Å². The predicted molar refractivity (Wildman–Crippen MR) is 98.3 cm³/mol. The van der Waals surface area contributed by atoms with Gasteiger partial charge in [-0.15, -0.1) is 0 Å². The third-order valence-electron chi connectivity index (χ3n) is 3.85. The van der Waals surface area contributed by atoms with E-state index in [9.17, 15) is 13.2 Å². The van der Waals surface area contributed by atoms with Crippen LogP contribution in [0.3, 0.4) is 0 Å². The molecule has 0 saturated heterocycles. The standard InChI is InChI=1S/C19H23NO4S/c1-3-25(22,23)18-11-6-15(7-12-18)8-13-19(21)20-17-9-4-16(5-10-17)14-24-2/h4-7,9-12H,3,8,13-14H2,1-2H3,(H,20,21). The Hall–Kier alpha value is -2.18. The van der Waals surface area contributed by atoms with Crippen LogP contribution in [-0.4, -0.2) is 27.2 Å². The van der Waals surface area contributed by atoms with Crippen molar-refractivity contribution in [1.29, 1.82) is 0 Å². The van der Waals surface area contributed by atoms with E-state index in [1.165, 1.54) is 0 Å². The van der Waals surface area contributed by atoms with E-state index >= 15 is 0 Å². The van der Waals surface area contributed by atoms with Gasteiger partial charge in [0.05, 0.1) is 17.3 Å². The van der Waals surface area contributed by atoms with E-state index in [0.29, 0.717) is 24.3 Å². The topological polar surface area (TPSA) is 72.5 Å². The van der Waals surface area contributed by atoms with E-state index < -0.39 is 9.84 Å². The molecule has 0 atom stereocenters. The van der Waals surface area contributed by atoms with Crippen LogP contribution in [0.25, 0.3) is 0 Å². The minimum Gasteiger partial charge on any atom is -0.380 e. The van der Waals surface area contributed by atoms with Crippen molar-refractivity contribution in [3.63, 3.8) is 0 Å². The first kappa shape index (κ1) is 19.1. The molecule has 0 spiro atoms. The number of hydrogen-bond acceptors (Lipinski definition) is 4. The summed E-state index contributed by atoms with van der Waals surface area (Å²) in [7, 11) is -1.54. The van der Waals surface area contributed by atoms with Gasteiger partial charge in [-0.25, -0.2) is 8.42 Å². The highest BCUT2D eigenvalue weighted by molar-refractivity contribution is 7.91. The molecule has 0 aromatic heterocycles. The maximum Gasteiger partial charge on any atom is 0.224 e. The van der Waals surface area contributed by atoms with Gasteiger partial charge in [0.1, 0.15) is 0 Å². The molecule has 1 amide bonds. The van der Waals surface area contributed by atoms with Crippen molar-refractivity contribution in [3.8, 4) is 0 Å². The van der Waals surface area contributed by atoms with Crippen molar-refractivity contribution in [3.05, 3.63) is 59.7 Å². The molecule has 0 saturated carbocycles. The quantitative estimate of drug-likeness (QED) is 0.784. The fourth-order valence-electron chi connectivity index (χ4n) is 2.36. The van der Waals surface area contributed by atoms with Crippen molar-refractivity contribution >= 4 is 21.4 Å². The molecular formula is C19H23NO4S. The molecule has 0 fully saturated rings. The molecular weight excluding hydrogens is 338 g/mol. The molecule has 6 heteroatoms. The maximum absolute atomic E-state index is 12.0. The van der Waals surface area contributed by atoms with Crippen molar-refractivity contribution < 1.29 is 17.9 Å². The third kappa shape index (κ3) is 5.69. The van der Waals surface area contributed by atoms with E-state index in [-0.39, 0.29) is 11.7 Å². The molecule has 0 aliphatic carbocycles. The average Bonchev–Trinajstić information content (AvgIpc) is 2.62. The summed E-state index contributed by atoms with van der Waals surface area (Å²) in [6, 6.07) is 14.2. The van der Waals surface area contributed by atoms with Crippen LogP contribution in [0.2, 0.25) is 0 Å². The lowest BCUT2D eigenvalue weighted by atomic mass is 10.1. The summed E-state index contributed by atoms with van der Waals surface area (Å²) in [6.45, 7) is 2.16. The number of methoxy groups -OCH3 is 1. The Labute approximate surface area is 148 Å². The first-order chi connectivity index (χ1) is 11.9. The number of aryl methyl sites for hydroxylation is 1. The number of benzene rings is 2. The number of carbonyl (C=O) groups excluding carboxylic acids is 1. The first-order valence-corrected chi connectivity index (χ1v) is 9.79. The number of ether oxygens (including phenoxy) is 1. The van der Waals surface area contributed by atoms with Crippen LogP contribution in [0.5, 0.6) is 0 Å². The second-order valence-electron chi connectivity index (χ2n) is 5.73. The minimum absolute atomic E-state index is 0.0789. The summed E-state index contributed by atoms with van der Waals surface area (Å²) in [5, 5.41) is 2.85. The minimum atomic E-state index is -3.18. The van der Waals surface area contributed by atoms with Crippen molar-refractivity contribution in [2.24, 2.45) is 0 Å². The van der Waals surface area contributed by atoms with Gasteiger partial charge < -0.3 is 10.1 Å².